The lowest BCUT2D eigenvalue weighted by Crippen LogP contribution is -2.25. The van der Waals surface area contributed by atoms with E-state index >= 15 is 0 Å². The zero-order chi connectivity index (χ0) is 20.6. The van der Waals surface area contributed by atoms with Crippen LogP contribution in [0.25, 0.3) is 11.1 Å². The maximum Gasteiger partial charge on any atom is 0.119 e. The van der Waals surface area contributed by atoms with Crippen LogP contribution in [-0.4, -0.2) is 31.1 Å². The molecule has 0 amide bonds. The second-order valence-corrected chi connectivity index (χ2v) is 7.86. The SMILES string of the molecule is CC/C(=C(/c1ccccc1)c1ccc(OCCN2CCCC2)cc1)c1ccccc1. The third kappa shape index (κ3) is 5.01. The van der Waals surface area contributed by atoms with E-state index in [1.807, 2.05) is 0 Å². The Kier molecular flexibility index (Phi) is 6.99. The average Bonchev–Trinajstić information content (AvgIpc) is 3.33. The van der Waals surface area contributed by atoms with Gasteiger partial charge in [0.05, 0.1) is 0 Å². The molecule has 3 aromatic carbocycles. The molecule has 0 atom stereocenters. The van der Waals surface area contributed by atoms with Crippen LogP contribution >= 0.6 is 0 Å². The minimum absolute atomic E-state index is 0.755. The van der Waals surface area contributed by atoms with Crippen molar-refractivity contribution in [1.82, 2.24) is 4.90 Å². The molecular weight excluding hydrogens is 366 g/mol. The van der Waals surface area contributed by atoms with Gasteiger partial charge in [-0.3, -0.25) is 4.90 Å². The van der Waals surface area contributed by atoms with Gasteiger partial charge in [0.25, 0.3) is 0 Å². The predicted octanol–water partition coefficient (Wildman–Crippen LogP) is 6.53. The highest BCUT2D eigenvalue weighted by molar-refractivity contribution is 5.98. The van der Waals surface area contributed by atoms with E-state index in [-0.39, 0.29) is 0 Å². The number of likely N-dealkylation sites (tertiary alicyclic amines) is 1. The first-order valence-electron chi connectivity index (χ1n) is 11.1. The standard InChI is InChI=1S/C28H31NO/c1-2-27(23-11-5-3-6-12-23)28(24-13-7-4-8-14-24)25-15-17-26(18-16-25)30-22-21-29-19-9-10-20-29/h3-8,11-18H,2,9-10,19-22H2,1H3/b28-27+. The molecule has 1 heterocycles. The minimum Gasteiger partial charge on any atom is -0.492 e. The van der Waals surface area contributed by atoms with Crippen molar-refractivity contribution in [1.29, 1.82) is 0 Å². The molecule has 0 aromatic heterocycles. The molecule has 0 saturated carbocycles. The van der Waals surface area contributed by atoms with E-state index in [1.54, 1.807) is 0 Å². The minimum atomic E-state index is 0.755. The highest BCUT2D eigenvalue weighted by atomic mass is 16.5. The Bertz CT molecular complexity index is 939. The molecule has 0 spiro atoms. The van der Waals surface area contributed by atoms with E-state index in [9.17, 15) is 0 Å². The van der Waals surface area contributed by atoms with Crippen molar-refractivity contribution in [2.45, 2.75) is 26.2 Å². The van der Waals surface area contributed by atoms with Crippen LogP contribution < -0.4 is 4.74 Å². The van der Waals surface area contributed by atoms with Gasteiger partial charge >= 0.3 is 0 Å². The summed E-state index contributed by atoms with van der Waals surface area (Å²) in [5.41, 5.74) is 6.43. The van der Waals surface area contributed by atoms with Gasteiger partial charge in [-0.25, -0.2) is 0 Å². The van der Waals surface area contributed by atoms with Crippen molar-refractivity contribution in [2.24, 2.45) is 0 Å². The molecular formula is C28H31NO. The molecule has 3 aromatic rings. The summed E-state index contributed by atoms with van der Waals surface area (Å²) < 4.78 is 6.02. The molecule has 30 heavy (non-hydrogen) atoms. The van der Waals surface area contributed by atoms with Gasteiger partial charge in [0, 0.05) is 6.54 Å². The number of hydrogen-bond acceptors (Lipinski definition) is 2. The van der Waals surface area contributed by atoms with Gasteiger partial charge in [-0.15, -0.1) is 0 Å². The zero-order valence-corrected chi connectivity index (χ0v) is 17.9. The lowest BCUT2D eigenvalue weighted by atomic mass is 9.88. The van der Waals surface area contributed by atoms with Crippen LogP contribution in [-0.2, 0) is 0 Å². The van der Waals surface area contributed by atoms with Gasteiger partial charge in [-0.05, 0) is 72.3 Å². The van der Waals surface area contributed by atoms with Crippen molar-refractivity contribution in [3.63, 3.8) is 0 Å². The van der Waals surface area contributed by atoms with Gasteiger partial charge in [-0.1, -0.05) is 79.7 Å². The van der Waals surface area contributed by atoms with E-state index in [1.165, 1.54) is 53.8 Å². The molecule has 4 rings (SSSR count). The molecule has 1 fully saturated rings. The van der Waals surface area contributed by atoms with Gasteiger partial charge in [-0.2, -0.15) is 0 Å². The number of hydrogen-bond donors (Lipinski definition) is 0. The number of ether oxygens (including phenoxy) is 1. The summed E-state index contributed by atoms with van der Waals surface area (Å²) in [6.45, 7) is 6.44. The van der Waals surface area contributed by atoms with Crippen LogP contribution in [0.5, 0.6) is 5.75 Å². The van der Waals surface area contributed by atoms with Gasteiger partial charge in [0.15, 0.2) is 0 Å². The second-order valence-electron chi connectivity index (χ2n) is 7.86. The Morgan fingerprint density at radius 1 is 0.733 bits per heavy atom. The fraction of sp³-hybridized carbons (Fsp3) is 0.286. The Morgan fingerprint density at radius 2 is 1.30 bits per heavy atom. The summed E-state index contributed by atoms with van der Waals surface area (Å²) >= 11 is 0. The van der Waals surface area contributed by atoms with Crippen molar-refractivity contribution >= 4 is 11.1 Å². The molecule has 0 unspecified atom stereocenters. The lowest BCUT2D eigenvalue weighted by Gasteiger charge is -2.17. The number of nitrogens with zero attached hydrogens (tertiary/aromatic N) is 1. The maximum absolute atomic E-state index is 6.02. The summed E-state index contributed by atoms with van der Waals surface area (Å²) in [5, 5.41) is 0. The van der Waals surface area contributed by atoms with Crippen LogP contribution in [0.4, 0.5) is 0 Å². The highest BCUT2D eigenvalue weighted by Crippen LogP contribution is 2.34. The van der Waals surface area contributed by atoms with E-state index in [0.717, 1.165) is 25.3 Å². The van der Waals surface area contributed by atoms with Crippen LogP contribution in [0.15, 0.2) is 84.9 Å². The summed E-state index contributed by atoms with van der Waals surface area (Å²) in [5.74, 6) is 0.947. The van der Waals surface area contributed by atoms with Crippen molar-refractivity contribution < 1.29 is 4.74 Å². The van der Waals surface area contributed by atoms with E-state index in [4.69, 9.17) is 4.74 Å². The number of allylic oxidation sites excluding steroid dienone is 1. The van der Waals surface area contributed by atoms with Gasteiger partial charge < -0.3 is 4.74 Å². The first kappa shape index (κ1) is 20.4. The zero-order valence-electron chi connectivity index (χ0n) is 17.9. The normalized spacial score (nSPS) is 15.1. The summed E-state index contributed by atoms with van der Waals surface area (Å²) in [6, 6.07) is 30.1. The lowest BCUT2D eigenvalue weighted by molar-refractivity contribution is 0.238. The summed E-state index contributed by atoms with van der Waals surface area (Å²) in [6.07, 6.45) is 3.62. The maximum atomic E-state index is 6.02. The second kappa shape index (κ2) is 10.3. The molecule has 0 radical (unpaired) electrons. The van der Waals surface area contributed by atoms with Crippen molar-refractivity contribution in [3.8, 4) is 5.75 Å². The molecule has 0 N–H and O–H groups in total. The molecule has 2 nitrogen and oxygen atoms in total. The fourth-order valence-corrected chi connectivity index (χ4v) is 4.30. The third-order valence-electron chi connectivity index (χ3n) is 5.86. The third-order valence-corrected chi connectivity index (χ3v) is 5.86. The number of benzene rings is 3. The van der Waals surface area contributed by atoms with Crippen molar-refractivity contribution in [3.05, 3.63) is 102 Å². The summed E-state index contributed by atoms with van der Waals surface area (Å²) in [4.78, 5) is 2.48. The molecule has 0 bridgehead atoms. The quantitative estimate of drug-likeness (QED) is 0.401. The molecule has 0 aliphatic carbocycles. The Morgan fingerprint density at radius 3 is 1.90 bits per heavy atom. The van der Waals surface area contributed by atoms with E-state index in [0.29, 0.717) is 0 Å². The summed E-state index contributed by atoms with van der Waals surface area (Å²) in [7, 11) is 0. The van der Waals surface area contributed by atoms with E-state index in [2.05, 4.69) is 96.8 Å². The molecule has 1 saturated heterocycles. The smallest absolute Gasteiger partial charge is 0.119 e. The van der Waals surface area contributed by atoms with Crippen LogP contribution in [0.1, 0.15) is 42.9 Å². The number of rotatable bonds is 8. The Labute approximate surface area is 180 Å². The molecule has 2 heteroatoms. The average molecular weight is 398 g/mol. The van der Waals surface area contributed by atoms with Gasteiger partial charge in [0.2, 0.25) is 0 Å². The topological polar surface area (TPSA) is 12.5 Å². The van der Waals surface area contributed by atoms with E-state index < -0.39 is 0 Å². The molecule has 154 valence electrons. The first-order chi connectivity index (χ1) is 14.8. The molecule has 1 aliphatic rings. The monoisotopic (exact) mass is 397 g/mol. The largest absolute Gasteiger partial charge is 0.492 e. The Balaban J connectivity index is 1.60. The Hall–Kier alpha value is -2.84. The highest BCUT2D eigenvalue weighted by Gasteiger charge is 2.13. The molecule has 1 aliphatic heterocycles. The van der Waals surface area contributed by atoms with Gasteiger partial charge in [0.1, 0.15) is 12.4 Å². The van der Waals surface area contributed by atoms with Crippen LogP contribution in [0.3, 0.4) is 0 Å². The van der Waals surface area contributed by atoms with Crippen LogP contribution in [0.2, 0.25) is 0 Å². The predicted molar refractivity (Wildman–Crippen MR) is 127 cm³/mol. The van der Waals surface area contributed by atoms with Crippen LogP contribution in [0, 0.1) is 0 Å². The first-order valence-corrected chi connectivity index (χ1v) is 11.1. The fourth-order valence-electron chi connectivity index (χ4n) is 4.30. The van der Waals surface area contributed by atoms with Crippen molar-refractivity contribution in [2.75, 3.05) is 26.2 Å².